The van der Waals surface area contributed by atoms with Gasteiger partial charge in [0.2, 0.25) is 0 Å². The number of amides is 1. The van der Waals surface area contributed by atoms with Crippen molar-refractivity contribution < 1.29 is 9.90 Å². The number of aliphatic hydroxyl groups excluding tert-OH is 1. The predicted molar refractivity (Wildman–Crippen MR) is 92.7 cm³/mol. The van der Waals surface area contributed by atoms with Crippen molar-refractivity contribution in [2.24, 2.45) is 5.92 Å². The van der Waals surface area contributed by atoms with E-state index in [-0.39, 0.29) is 18.6 Å². The molecular weight excluding hydrogens is 302 g/mol. The Labute approximate surface area is 142 Å². The Morgan fingerprint density at radius 3 is 2.54 bits per heavy atom. The van der Waals surface area contributed by atoms with Crippen molar-refractivity contribution in [2.45, 2.75) is 38.3 Å². The summed E-state index contributed by atoms with van der Waals surface area (Å²) in [5, 5.41) is 9.23. The molecule has 5 heteroatoms. The molecule has 0 saturated heterocycles. The average molecular weight is 327 g/mol. The van der Waals surface area contributed by atoms with Crippen molar-refractivity contribution in [2.75, 3.05) is 13.7 Å². The molecule has 1 aliphatic carbocycles. The fourth-order valence-electron chi connectivity index (χ4n) is 3.43. The summed E-state index contributed by atoms with van der Waals surface area (Å²) < 4.78 is 2.00. The topological polar surface area (TPSA) is 58.4 Å². The first kappa shape index (κ1) is 16.7. The minimum absolute atomic E-state index is 0.0802. The highest BCUT2D eigenvalue weighted by Crippen LogP contribution is 2.27. The van der Waals surface area contributed by atoms with Crippen LogP contribution in [0, 0.1) is 5.92 Å². The molecule has 1 saturated carbocycles. The van der Waals surface area contributed by atoms with Crippen LogP contribution in [0.1, 0.15) is 41.6 Å². The first-order valence-corrected chi connectivity index (χ1v) is 8.60. The normalized spacial score (nSPS) is 20.8. The zero-order valence-corrected chi connectivity index (χ0v) is 14.1. The van der Waals surface area contributed by atoms with Gasteiger partial charge in [0.05, 0.1) is 6.33 Å². The van der Waals surface area contributed by atoms with E-state index in [1.807, 2.05) is 47.0 Å². The molecule has 1 aromatic carbocycles. The number of hydrogen-bond donors (Lipinski definition) is 1. The minimum Gasteiger partial charge on any atom is -0.396 e. The van der Waals surface area contributed by atoms with Gasteiger partial charge in [-0.3, -0.25) is 4.79 Å². The first-order chi connectivity index (χ1) is 11.7. The maximum Gasteiger partial charge on any atom is 0.253 e. The fraction of sp³-hybridized carbons (Fsp3) is 0.474. The van der Waals surface area contributed by atoms with E-state index in [2.05, 4.69) is 4.98 Å². The zero-order chi connectivity index (χ0) is 16.9. The molecule has 5 nitrogen and oxygen atoms in total. The summed E-state index contributed by atoms with van der Waals surface area (Å²) in [6.07, 6.45) is 9.44. The van der Waals surface area contributed by atoms with E-state index in [9.17, 15) is 9.90 Å². The number of carbonyl (C=O) groups is 1. The molecule has 24 heavy (non-hydrogen) atoms. The maximum absolute atomic E-state index is 12.7. The summed E-state index contributed by atoms with van der Waals surface area (Å²) >= 11 is 0. The summed E-state index contributed by atoms with van der Waals surface area (Å²) in [5.74, 6) is 0.490. The van der Waals surface area contributed by atoms with Crippen molar-refractivity contribution in [1.82, 2.24) is 14.5 Å². The van der Waals surface area contributed by atoms with Gasteiger partial charge in [0.1, 0.15) is 0 Å². The van der Waals surface area contributed by atoms with Gasteiger partial charge in [-0.25, -0.2) is 4.98 Å². The van der Waals surface area contributed by atoms with E-state index in [0.29, 0.717) is 5.92 Å². The zero-order valence-electron chi connectivity index (χ0n) is 14.1. The number of hydrogen-bond acceptors (Lipinski definition) is 3. The van der Waals surface area contributed by atoms with Gasteiger partial charge < -0.3 is 14.6 Å². The number of aromatic nitrogens is 2. The lowest BCUT2D eigenvalue weighted by molar-refractivity contribution is 0.0653. The van der Waals surface area contributed by atoms with Gasteiger partial charge in [-0.05, 0) is 49.3 Å². The second-order valence-electron chi connectivity index (χ2n) is 6.71. The van der Waals surface area contributed by atoms with Gasteiger partial charge in [0, 0.05) is 44.2 Å². The molecule has 1 aromatic heterocycles. The highest BCUT2D eigenvalue weighted by molar-refractivity contribution is 5.94. The van der Waals surface area contributed by atoms with Crippen molar-refractivity contribution >= 4 is 5.91 Å². The molecule has 0 bridgehead atoms. The van der Waals surface area contributed by atoms with E-state index in [1.54, 1.807) is 12.5 Å². The Balaban J connectivity index is 1.60. The molecule has 0 spiro atoms. The quantitative estimate of drug-likeness (QED) is 0.918. The monoisotopic (exact) mass is 327 g/mol. The van der Waals surface area contributed by atoms with Gasteiger partial charge in [0.25, 0.3) is 5.91 Å². The molecule has 0 radical (unpaired) electrons. The lowest BCUT2D eigenvalue weighted by atomic mass is 9.86. The summed E-state index contributed by atoms with van der Waals surface area (Å²) in [4.78, 5) is 18.6. The van der Waals surface area contributed by atoms with Crippen LogP contribution in [0.3, 0.4) is 0 Å². The average Bonchev–Trinajstić information content (AvgIpc) is 3.14. The van der Waals surface area contributed by atoms with Crippen LogP contribution >= 0.6 is 0 Å². The Morgan fingerprint density at radius 2 is 1.96 bits per heavy atom. The van der Waals surface area contributed by atoms with E-state index < -0.39 is 0 Å². The highest BCUT2D eigenvalue weighted by Gasteiger charge is 2.26. The molecule has 3 rings (SSSR count). The summed E-state index contributed by atoms with van der Waals surface area (Å²) in [6.45, 7) is 1.03. The molecule has 2 aromatic rings. The van der Waals surface area contributed by atoms with Crippen LogP contribution in [0.25, 0.3) is 0 Å². The number of aliphatic hydroxyl groups is 1. The second-order valence-corrected chi connectivity index (χ2v) is 6.71. The highest BCUT2D eigenvalue weighted by atomic mass is 16.3. The summed E-state index contributed by atoms with van der Waals surface area (Å²) in [7, 11) is 1.89. The SMILES string of the molecule is CN(C(=O)c1ccc(Cn2ccnc2)cc1)C1CCC(CO)CC1. The number of rotatable bonds is 5. The third-order valence-corrected chi connectivity index (χ3v) is 5.07. The third-order valence-electron chi connectivity index (χ3n) is 5.07. The van der Waals surface area contributed by atoms with Crippen LogP contribution in [0.5, 0.6) is 0 Å². The Kier molecular flexibility index (Phi) is 5.30. The number of imidazole rings is 1. The Bertz CT molecular complexity index is 644. The molecule has 128 valence electrons. The number of benzene rings is 1. The van der Waals surface area contributed by atoms with Gasteiger partial charge in [-0.1, -0.05) is 12.1 Å². The molecule has 1 fully saturated rings. The molecule has 0 aliphatic heterocycles. The number of carbonyl (C=O) groups excluding carboxylic acids is 1. The summed E-state index contributed by atoms with van der Waals surface area (Å²) in [6, 6.07) is 8.11. The van der Waals surface area contributed by atoms with Crippen molar-refractivity contribution in [3.8, 4) is 0 Å². The van der Waals surface area contributed by atoms with Crippen molar-refractivity contribution in [3.63, 3.8) is 0 Å². The van der Waals surface area contributed by atoms with Crippen LogP contribution in [0.2, 0.25) is 0 Å². The molecule has 1 amide bonds. The van der Waals surface area contributed by atoms with E-state index >= 15 is 0 Å². The van der Waals surface area contributed by atoms with Crippen LogP contribution < -0.4 is 0 Å². The molecule has 1 heterocycles. The van der Waals surface area contributed by atoms with Gasteiger partial charge in [-0.15, -0.1) is 0 Å². The third kappa shape index (κ3) is 3.85. The van der Waals surface area contributed by atoms with E-state index in [1.165, 1.54) is 0 Å². The van der Waals surface area contributed by atoms with Crippen LogP contribution in [0.15, 0.2) is 43.0 Å². The molecule has 1 N–H and O–H groups in total. The summed E-state index contributed by atoms with van der Waals surface area (Å²) in [5.41, 5.74) is 1.88. The standard InChI is InChI=1S/C19H25N3O2/c1-21(18-8-4-16(13-23)5-9-18)19(24)17-6-2-15(3-7-17)12-22-11-10-20-14-22/h2-3,6-7,10-11,14,16,18,23H,4-5,8-9,12-13H2,1H3. The lowest BCUT2D eigenvalue weighted by Gasteiger charge is -2.34. The van der Waals surface area contributed by atoms with Gasteiger partial charge in [-0.2, -0.15) is 0 Å². The maximum atomic E-state index is 12.7. The number of nitrogens with zero attached hydrogens (tertiary/aromatic N) is 3. The van der Waals surface area contributed by atoms with Gasteiger partial charge >= 0.3 is 0 Å². The molecular formula is C19H25N3O2. The Hall–Kier alpha value is -2.14. The minimum atomic E-state index is 0.0802. The molecule has 0 unspecified atom stereocenters. The Morgan fingerprint density at radius 1 is 1.25 bits per heavy atom. The largest absolute Gasteiger partial charge is 0.396 e. The molecule has 0 atom stereocenters. The van der Waals surface area contributed by atoms with Crippen molar-refractivity contribution in [1.29, 1.82) is 0 Å². The fourth-order valence-corrected chi connectivity index (χ4v) is 3.43. The van der Waals surface area contributed by atoms with E-state index in [0.717, 1.165) is 43.4 Å². The van der Waals surface area contributed by atoms with E-state index in [4.69, 9.17) is 0 Å². The van der Waals surface area contributed by atoms with Crippen LogP contribution in [0.4, 0.5) is 0 Å². The van der Waals surface area contributed by atoms with Crippen LogP contribution in [-0.2, 0) is 6.54 Å². The molecule has 1 aliphatic rings. The smallest absolute Gasteiger partial charge is 0.253 e. The van der Waals surface area contributed by atoms with Crippen LogP contribution in [-0.4, -0.2) is 45.2 Å². The lowest BCUT2D eigenvalue weighted by Crippen LogP contribution is -2.39. The first-order valence-electron chi connectivity index (χ1n) is 8.60. The predicted octanol–water partition coefficient (Wildman–Crippen LogP) is 2.55. The van der Waals surface area contributed by atoms with Gasteiger partial charge in [0.15, 0.2) is 0 Å². The van der Waals surface area contributed by atoms with Crippen molar-refractivity contribution in [3.05, 3.63) is 54.1 Å². The second kappa shape index (κ2) is 7.62.